The summed E-state index contributed by atoms with van der Waals surface area (Å²) in [6.45, 7) is 14.6. The fraction of sp³-hybridized carbons (Fsp3) is 0.647. The van der Waals surface area contributed by atoms with Crippen molar-refractivity contribution in [1.82, 2.24) is 5.32 Å². The Morgan fingerprint density at radius 1 is 1.05 bits per heavy atom. The Bertz CT molecular complexity index is 373. The molecule has 0 saturated heterocycles. The van der Waals surface area contributed by atoms with Gasteiger partial charge in [0, 0.05) is 25.3 Å². The molecule has 0 aromatic heterocycles. The smallest absolute Gasteiger partial charge is 0.0396 e. The number of benzene rings is 1. The van der Waals surface area contributed by atoms with Crippen molar-refractivity contribution in [2.45, 2.75) is 41.2 Å². The summed E-state index contributed by atoms with van der Waals surface area (Å²) in [6.07, 6.45) is 0. The minimum absolute atomic E-state index is 0.690. The normalized spacial score (nSPS) is 11.4. The number of hydrogen-bond donors (Lipinski definition) is 1. The van der Waals surface area contributed by atoms with E-state index >= 15 is 0 Å². The average molecular weight is 262 g/mol. The van der Waals surface area contributed by atoms with E-state index in [4.69, 9.17) is 0 Å². The molecule has 0 atom stereocenters. The Kier molecular flexibility index (Phi) is 6.36. The fourth-order valence-electron chi connectivity index (χ4n) is 2.54. The van der Waals surface area contributed by atoms with Crippen molar-refractivity contribution < 1.29 is 0 Å². The number of nitrogens with one attached hydrogen (secondary N) is 1. The van der Waals surface area contributed by atoms with Gasteiger partial charge in [-0.25, -0.2) is 0 Å². The second kappa shape index (κ2) is 7.54. The Morgan fingerprint density at radius 2 is 1.63 bits per heavy atom. The standard InChI is InChI=1S/C17H30N2/c1-13(2)11-19(12-14(3)4)17-8-7-16(10-18-6)9-15(17)5/h7-9,13-14,18H,10-12H2,1-6H3. The van der Waals surface area contributed by atoms with E-state index in [1.54, 1.807) is 0 Å². The molecular weight excluding hydrogens is 232 g/mol. The minimum atomic E-state index is 0.690. The van der Waals surface area contributed by atoms with Gasteiger partial charge < -0.3 is 10.2 Å². The van der Waals surface area contributed by atoms with Crippen molar-refractivity contribution in [3.8, 4) is 0 Å². The van der Waals surface area contributed by atoms with Crippen LogP contribution in [0.4, 0.5) is 5.69 Å². The van der Waals surface area contributed by atoms with Gasteiger partial charge in [0.05, 0.1) is 0 Å². The Labute approximate surface area is 119 Å². The van der Waals surface area contributed by atoms with E-state index in [0.29, 0.717) is 11.8 Å². The molecule has 0 fully saturated rings. The highest BCUT2D eigenvalue weighted by molar-refractivity contribution is 5.54. The maximum atomic E-state index is 3.21. The molecule has 1 N–H and O–H groups in total. The van der Waals surface area contributed by atoms with Gasteiger partial charge in [-0.15, -0.1) is 0 Å². The van der Waals surface area contributed by atoms with Crippen LogP contribution in [0.3, 0.4) is 0 Å². The zero-order valence-corrected chi connectivity index (χ0v) is 13.5. The van der Waals surface area contributed by atoms with Gasteiger partial charge in [-0.05, 0) is 43.0 Å². The number of aryl methyl sites for hydroxylation is 1. The zero-order chi connectivity index (χ0) is 14.4. The van der Waals surface area contributed by atoms with E-state index in [1.807, 2.05) is 7.05 Å². The van der Waals surface area contributed by atoms with Crippen LogP contribution < -0.4 is 10.2 Å². The first-order valence-electron chi connectivity index (χ1n) is 7.43. The molecule has 108 valence electrons. The highest BCUT2D eigenvalue weighted by atomic mass is 15.1. The number of nitrogens with zero attached hydrogens (tertiary/aromatic N) is 1. The van der Waals surface area contributed by atoms with Crippen LogP contribution in [0.25, 0.3) is 0 Å². The summed E-state index contributed by atoms with van der Waals surface area (Å²) in [5.41, 5.74) is 4.13. The first kappa shape index (κ1) is 16.0. The van der Waals surface area contributed by atoms with Gasteiger partial charge in [0.2, 0.25) is 0 Å². The highest BCUT2D eigenvalue weighted by Gasteiger charge is 2.12. The van der Waals surface area contributed by atoms with Crippen LogP contribution in [0.1, 0.15) is 38.8 Å². The molecule has 19 heavy (non-hydrogen) atoms. The summed E-state index contributed by atoms with van der Waals surface area (Å²) in [5.74, 6) is 1.38. The van der Waals surface area contributed by atoms with Crippen LogP contribution in [0.5, 0.6) is 0 Å². The number of hydrogen-bond acceptors (Lipinski definition) is 2. The van der Waals surface area contributed by atoms with Crippen LogP contribution in [0.15, 0.2) is 18.2 Å². The summed E-state index contributed by atoms with van der Waals surface area (Å²) in [4.78, 5) is 2.54. The van der Waals surface area contributed by atoms with Crippen molar-refractivity contribution in [2.24, 2.45) is 11.8 Å². The topological polar surface area (TPSA) is 15.3 Å². The molecule has 0 aliphatic rings. The molecule has 0 unspecified atom stereocenters. The Hall–Kier alpha value is -1.02. The quantitative estimate of drug-likeness (QED) is 0.803. The summed E-state index contributed by atoms with van der Waals surface area (Å²) < 4.78 is 0. The first-order chi connectivity index (χ1) is 8.93. The summed E-state index contributed by atoms with van der Waals surface area (Å²) >= 11 is 0. The molecular formula is C17H30N2. The molecule has 0 saturated carbocycles. The van der Waals surface area contributed by atoms with E-state index in [2.05, 4.69) is 63.0 Å². The lowest BCUT2D eigenvalue weighted by atomic mass is 10.1. The first-order valence-corrected chi connectivity index (χ1v) is 7.43. The van der Waals surface area contributed by atoms with E-state index < -0.39 is 0 Å². The molecule has 0 radical (unpaired) electrons. The molecule has 2 heteroatoms. The monoisotopic (exact) mass is 262 g/mol. The Balaban J connectivity index is 2.94. The van der Waals surface area contributed by atoms with Crippen LogP contribution in [0, 0.1) is 18.8 Å². The van der Waals surface area contributed by atoms with Crippen molar-refractivity contribution in [3.05, 3.63) is 29.3 Å². The molecule has 1 rings (SSSR count). The zero-order valence-electron chi connectivity index (χ0n) is 13.5. The van der Waals surface area contributed by atoms with Gasteiger partial charge in [-0.3, -0.25) is 0 Å². The van der Waals surface area contributed by atoms with Crippen LogP contribution in [-0.2, 0) is 6.54 Å². The lowest BCUT2D eigenvalue weighted by Gasteiger charge is -2.30. The van der Waals surface area contributed by atoms with Crippen molar-refractivity contribution in [3.63, 3.8) is 0 Å². The van der Waals surface area contributed by atoms with Gasteiger partial charge in [0.15, 0.2) is 0 Å². The maximum Gasteiger partial charge on any atom is 0.0396 e. The minimum Gasteiger partial charge on any atom is -0.371 e. The van der Waals surface area contributed by atoms with Crippen molar-refractivity contribution >= 4 is 5.69 Å². The highest BCUT2D eigenvalue weighted by Crippen LogP contribution is 2.23. The molecule has 1 aromatic carbocycles. The molecule has 2 nitrogen and oxygen atoms in total. The molecule has 0 spiro atoms. The third-order valence-electron chi connectivity index (χ3n) is 3.15. The largest absolute Gasteiger partial charge is 0.371 e. The fourth-order valence-corrected chi connectivity index (χ4v) is 2.54. The summed E-state index contributed by atoms with van der Waals surface area (Å²) in [6, 6.07) is 6.83. The van der Waals surface area contributed by atoms with E-state index in [-0.39, 0.29) is 0 Å². The third-order valence-corrected chi connectivity index (χ3v) is 3.15. The lowest BCUT2D eigenvalue weighted by Crippen LogP contribution is -2.31. The molecule has 0 aliphatic carbocycles. The second-order valence-electron chi connectivity index (χ2n) is 6.34. The van der Waals surface area contributed by atoms with Crippen LogP contribution >= 0.6 is 0 Å². The van der Waals surface area contributed by atoms with Gasteiger partial charge in [-0.2, -0.15) is 0 Å². The van der Waals surface area contributed by atoms with Gasteiger partial charge in [0.1, 0.15) is 0 Å². The lowest BCUT2D eigenvalue weighted by molar-refractivity contribution is 0.552. The van der Waals surface area contributed by atoms with Gasteiger partial charge in [-0.1, -0.05) is 39.8 Å². The second-order valence-corrected chi connectivity index (χ2v) is 6.34. The predicted molar refractivity (Wildman–Crippen MR) is 85.8 cm³/mol. The average Bonchev–Trinajstić information content (AvgIpc) is 2.27. The molecule has 0 aliphatic heterocycles. The molecule has 0 amide bonds. The van der Waals surface area contributed by atoms with Gasteiger partial charge in [0.25, 0.3) is 0 Å². The molecule has 0 bridgehead atoms. The van der Waals surface area contributed by atoms with Crippen molar-refractivity contribution in [2.75, 3.05) is 25.0 Å². The van der Waals surface area contributed by atoms with E-state index in [1.165, 1.54) is 16.8 Å². The van der Waals surface area contributed by atoms with Crippen LogP contribution in [-0.4, -0.2) is 20.1 Å². The number of rotatable bonds is 7. The van der Waals surface area contributed by atoms with E-state index in [9.17, 15) is 0 Å². The molecule has 0 heterocycles. The molecule has 1 aromatic rings. The SMILES string of the molecule is CNCc1ccc(N(CC(C)C)CC(C)C)c(C)c1. The van der Waals surface area contributed by atoms with Crippen LogP contribution in [0.2, 0.25) is 0 Å². The van der Waals surface area contributed by atoms with E-state index in [0.717, 1.165) is 19.6 Å². The predicted octanol–water partition coefficient (Wildman–Crippen LogP) is 3.83. The van der Waals surface area contributed by atoms with Gasteiger partial charge >= 0.3 is 0 Å². The maximum absolute atomic E-state index is 3.21. The third kappa shape index (κ3) is 5.23. The summed E-state index contributed by atoms with van der Waals surface area (Å²) in [7, 11) is 1.99. The summed E-state index contributed by atoms with van der Waals surface area (Å²) in [5, 5.41) is 3.21. The number of anilines is 1. The Morgan fingerprint density at radius 3 is 2.05 bits per heavy atom. The van der Waals surface area contributed by atoms with Crippen molar-refractivity contribution in [1.29, 1.82) is 0 Å².